The van der Waals surface area contributed by atoms with Gasteiger partial charge in [0.15, 0.2) is 0 Å². The third kappa shape index (κ3) is 4.47. The first kappa shape index (κ1) is 16.5. The van der Waals surface area contributed by atoms with E-state index in [1.807, 2.05) is 43.7 Å². The van der Waals surface area contributed by atoms with Crippen LogP contribution in [0, 0.1) is 0 Å². The summed E-state index contributed by atoms with van der Waals surface area (Å²) >= 11 is 0. The fourth-order valence-corrected chi connectivity index (χ4v) is 6.58. The van der Waals surface area contributed by atoms with Crippen molar-refractivity contribution in [3.63, 3.8) is 0 Å². The van der Waals surface area contributed by atoms with Crippen molar-refractivity contribution in [2.24, 2.45) is 4.52 Å². The van der Waals surface area contributed by atoms with Gasteiger partial charge in [0.2, 0.25) is 0 Å². The van der Waals surface area contributed by atoms with E-state index in [0.29, 0.717) is 0 Å². The summed E-state index contributed by atoms with van der Waals surface area (Å²) in [4.78, 5) is 0. The zero-order chi connectivity index (χ0) is 14.7. The molecule has 0 aliphatic heterocycles. The van der Waals surface area contributed by atoms with Gasteiger partial charge in [-0.2, -0.15) is 4.52 Å². The molecule has 0 bridgehead atoms. The van der Waals surface area contributed by atoms with Crippen LogP contribution in [0.1, 0.15) is 0 Å². The molecule has 1 aromatic carbocycles. The quantitative estimate of drug-likeness (QED) is 0.779. The second-order valence-electron chi connectivity index (χ2n) is 5.00. The molecule has 0 unspecified atom stereocenters. The molecule has 108 valence electrons. The summed E-state index contributed by atoms with van der Waals surface area (Å²) in [5.41, 5.74) is 0. The van der Waals surface area contributed by atoms with E-state index in [9.17, 15) is 4.57 Å². The molecule has 0 N–H and O–H groups in total. The van der Waals surface area contributed by atoms with Crippen molar-refractivity contribution < 1.29 is 9.09 Å². The van der Waals surface area contributed by atoms with Crippen LogP contribution in [0.25, 0.3) is 0 Å². The van der Waals surface area contributed by atoms with Gasteiger partial charge in [-0.1, -0.05) is 18.2 Å². The van der Waals surface area contributed by atoms with E-state index in [-0.39, 0.29) is 0 Å². The minimum Gasteiger partial charge on any atom is -0.460 e. The molecule has 0 aromatic heterocycles. The van der Waals surface area contributed by atoms with Gasteiger partial charge in [0, 0.05) is 13.3 Å². The molecule has 0 amide bonds. The monoisotopic (exact) mass is 303 g/mol. The maximum atomic E-state index is 12.9. The van der Waals surface area contributed by atoms with Gasteiger partial charge >= 0.3 is 7.59 Å². The van der Waals surface area contributed by atoms with Gasteiger partial charge in [-0.05, 0) is 40.3 Å². The molecule has 0 saturated carbocycles. The summed E-state index contributed by atoms with van der Waals surface area (Å²) < 4.78 is 26.6. The highest BCUT2D eigenvalue weighted by Gasteiger charge is 2.30. The molecule has 0 aliphatic rings. The Morgan fingerprint density at radius 3 is 1.89 bits per heavy atom. The molecule has 0 spiro atoms. The van der Waals surface area contributed by atoms with Gasteiger partial charge in [0.05, 0.1) is 0 Å². The van der Waals surface area contributed by atoms with Gasteiger partial charge in [-0.3, -0.25) is 4.57 Å². The highest BCUT2D eigenvalue weighted by Crippen LogP contribution is 2.60. The smallest absolute Gasteiger partial charge is 0.329 e. The highest BCUT2D eigenvalue weighted by molar-refractivity contribution is 7.70. The molecule has 19 heavy (non-hydrogen) atoms. The van der Waals surface area contributed by atoms with E-state index < -0.39 is 14.9 Å². The van der Waals surface area contributed by atoms with Crippen LogP contribution in [0.2, 0.25) is 0 Å². The highest BCUT2D eigenvalue weighted by atomic mass is 31.2. The Bertz CT molecular complexity index is 497. The zero-order valence-electron chi connectivity index (χ0n) is 12.4. The molecular formula is C12H23N3O2P2. The lowest BCUT2D eigenvalue weighted by atomic mass is 10.3. The summed E-state index contributed by atoms with van der Waals surface area (Å²) in [5, 5.41) is 0. The lowest BCUT2D eigenvalue weighted by Gasteiger charge is -2.29. The maximum Gasteiger partial charge on any atom is 0.329 e. The number of benzene rings is 1. The van der Waals surface area contributed by atoms with Gasteiger partial charge in [0.1, 0.15) is 13.0 Å². The van der Waals surface area contributed by atoms with Crippen LogP contribution in [0.4, 0.5) is 0 Å². The summed E-state index contributed by atoms with van der Waals surface area (Å²) in [6.07, 6.45) is 0. The maximum absolute atomic E-state index is 12.9. The number of hydrogen-bond acceptors (Lipinski definition) is 2. The Kier molecular flexibility index (Phi) is 5.40. The van der Waals surface area contributed by atoms with Crippen molar-refractivity contribution in [3.8, 4) is 5.75 Å². The molecule has 1 aromatic rings. The molecule has 0 heterocycles. The van der Waals surface area contributed by atoms with E-state index in [1.54, 1.807) is 37.5 Å². The van der Waals surface area contributed by atoms with Crippen LogP contribution in [0.15, 0.2) is 34.8 Å². The third-order valence-corrected chi connectivity index (χ3v) is 7.84. The van der Waals surface area contributed by atoms with Gasteiger partial charge in [0.25, 0.3) is 0 Å². The minimum atomic E-state index is -2.91. The summed E-state index contributed by atoms with van der Waals surface area (Å²) in [5.74, 6) is 0.758. The predicted octanol–water partition coefficient (Wildman–Crippen LogP) is 3.67. The Morgan fingerprint density at radius 1 is 1.00 bits per heavy atom. The fourth-order valence-electron chi connectivity index (χ4n) is 1.56. The Labute approximate surface area is 116 Å². The fraction of sp³-hybridized carbons (Fsp3) is 0.500. The average Bonchev–Trinajstić information content (AvgIpc) is 2.28. The molecule has 0 atom stereocenters. The lowest BCUT2D eigenvalue weighted by molar-refractivity contribution is 0.449. The SMILES string of the molecule is CN(C)P(=O)(N=P(C)(C)Oc1ccccc1)N(C)C. The average molecular weight is 303 g/mol. The first-order valence-corrected chi connectivity index (χ1v) is 10.1. The molecule has 7 heteroatoms. The Balaban J connectivity index is 3.10. The number of nitrogens with zero attached hydrogens (tertiary/aromatic N) is 3. The largest absolute Gasteiger partial charge is 0.460 e. The molecule has 0 fully saturated rings. The molecule has 0 aliphatic carbocycles. The van der Waals surface area contributed by atoms with E-state index in [0.717, 1.165) is 5.75 Å². The van der Waals surface area contributed by atoms with E-state index in [4.69, 9.17) is 4.52 Å². The zero-order valence-corrected chi connectivity index (χ0v) is 14.2. The van der Waals surface area contributed by atoms with Crippen molar-refractivity contribution in [3.05, 3.63) is 30.3 Å². The topological polar surface area (TPSA) is 45.1 Å². The number of para-hydroxylation sites is 1. The van der Waals surface area contributed by atoms with Gasteiger partial charge < -0.3 is 4.52 Å². The number of rotatable bonds is 5. The minimum absolute atomic E-state index is 0.758. The van der Waals surface area contributed by atoms with Crippen LogP contribution < -0.4 is 4.52 Å². The van der Waals surface area contributed by atoms with Crippen molar-refractivity contribution in [2.45, 2.75) is 0 Å². The van der Waals surface area contributed by atoms with Crippen molar-refractivity contribution in [2.75, 3.05) is 41.5 Å². The third-order valence-electron chi connectivity index (χ3n) is 2.45. The van der Waals surface area contributed by atoms with Crippen LogP contribution in [0.5, 0.6) is 5.75 Å². The Morgan fingerprint density at radius 2 is 1.47 bits per heavy atom. The predicted molar refractivity (Wildman–Crippen MR) is 83.2 cm³/mol. The van der Waals surface area contributed by atoms with Crippen LogP contribution >= 0.6 is 14.9 Å². The number of hydrogen-bond donors (Lipinski definition) is 0. The summed E-state index contributed by atoms with van der Waals surface area (Å²) in [6.45, 7) is 3.83. The van der Waals surface area contributed by atoms with Crippen LogP contribution in [-0.2, 0) is 4.57 Å². The van der Waals surface area contributed by atoms with E-state index in [1.165, 1.54) is 0 Å². The van der Waals surface area contributed by atoms with Crippen molar-refractivity contribution >= 4 is 14.9 Å². The van der Waals surface area contributed by atoms with Crippen LogP contribution in [0.3, 0.4) is 0 Å². The van der Waals surface area contributed by atoms with Crippen molar-refractivity contribution in [1.82, 2.24) is 9.34 Å². The normalized spacial score (nSPS) is 12.8. The summed E-state index contributed by atoms with van der Waals surface area (Å²) in [7, 11) is 2.06. The van der Waals surface area contributed by atoms with Crippen molar-refractivity contribution in [1.29, 1.82) is 0 Å². The second-order valence-corrected chi connectivity index (χ2v) is 11.1. The molecular weight excluding hydrogens is 280 g/mol. The Hall–Kier alpha value is -0.600. The summed E-state index contributed by atoms with van der Waals surface area (Å²) in [6, 6.07) is 9.51. The van der Waals surface area contributed by atoms with E-state index >= 15 is 0 Å². The molecule has 1 rings (SSSR count). The molecule has 5 nitrogen and oxygen atoms in total. The first-order valence-electron chi connectivity index (χ1n) is 5.96. The second kappa shape index (κ2) is 6.23. The standard InChI is InChI=1S/C12H23N3O2P2/c1-14(2)19(16,15(3)4)13-18(5,6)17-12-10-8-7-9-11-12/h7-11H,1-6H3. The molecule has 0 saturated heterocycles. The molecule has 0 radical (unpaired) electrons. The van der Waals surface area contributed by atoms with Gasteiger partial charge in [-0.25, -0.2) is 9.34 Å². The van der Waals surface area contributed by atoms with Crippen LogP contribution in [-0.4, -0.2) is 50.9 Å². The first-order chi connectivity index (χ1) is 8.67. The van der Waals surface area contributed by atoms with Gasteiger partial charge in [-0.15, -0.1) is 0 Å². The van der Waals surface area contributed by atoms with E-state index in [2.05, 4.69) is 4.52 Å². The lowest BCUT2D eigenvalue weighted by Crippen LogP contribution is -2.19.